The number of nitrogens with one attached hydrogen (secondary N) is 2. The lowest BCUT2D eigenvalue weighted by atomic mass is 10.2. The Morgan fingerprint density at radius 1 is 0.929 bits per heavy atom. The fourth-order valence-corrected chi connectivity index (χ4v) is 3.96. The third-order valence-electron chi connectivity index (χ3n) is 3.88. The maximum absolute atomic E-state index is 12.7. The van der Waals surface area contributed by atoms with E-state index >= 15 is 0 Å². The zero-order valence-electron chi connectivity index (χ0n) is 14.7. The number of anilines is 2. The van der Waals surface area contributed by atoms with Crippen molar-refractivity contribution in [2.45, 2.75) is 11.8 Å². The fraction of sp³-hybridized carbons (Fsp3) is 0.0500. The van der Waals surface area contributed by atoms with Gasteiger partial charge in [-0.25, -0.2) is 8.42 Å². The highest BCUT2D eigenvalue weighted by Crippen LogP contribution is 2.30. The normalized spacial score (nSPS) is 11.1. The van der Waals surface area contributed by atoms with Gasteiger partial charge < -0.3 is 5.32 Å². The second kappa shape index (κ2) is 8.22. The Bertz CT molecular complexity index is 1150. The molecule has 0 bridgehead atoms. The molecular weight excluding hydrogens is 419 g/mol. The lowest BCUT2D eigenvalue weighted by Gasteiger charge is -2.11. The molecule has 2 N–H and O–H groups in total. The first-order valence-corrected chi connectivity index (χ1v) is 10.4. The third-order valence-corrected chi connectivity index (χ3v) is 6.07. The van der Waals surface area contributed by atoms with Crippen molar-refractivity contribution < 1.29 is 13.2 Å². The Labute approximate surface area is 173 Å². The maximum atomic E-state index is 12.7. The highest BCUT2D eigenvalue weighted by atomic mass is 35.5. The van der Waals surface area contributed by atoms with Crippen molar-refractivity contribution in [2.24, 2.45) is 0 Å². The molecule has 3 aromatic carbocycles. The van der Waals surface area contributed by atoms with Crippen molar-refractivity contribution in [1.29, 1.82) is 0 Å². The summed E-state index contributed by atoms with van der Waals surface area (Å²) in [7, 11) is -3.85. The van der Waals surface area contributed by atoms with Gasteiger partial charge in [-0.05, 0) is 55.0 Å². The van der Waals surface area contributed by atoms with E-state index in [4.69, 9.17) is 23.2 Å². The van der Waals surface area contributed by atoms with Crippen LogP contribution < -0.4 is 10.0 Å². The maximum Gasteiger partial charge on any atom is 0.261 e. The molecule has 0 aliphatic carbocycles. The van der Waals surface area contributed by atoms with Crippen molar-refractivity contribution in [3.63, 3.8) is 0 Å². The van der Waals surface area contributed by atoms with E-state index in [0.717, 1.165) is 5.56 Å². The summed E-state index contributed by atoms with van der Waals surface area (Å²) in [5, 5.41) is 3.15. The molecule has 3 aromatic rings. The number of benzene rings is 3. The Morgan fingerprint density at radius 3 is 2.39 bits per heavy atom. The van der Waals surface area contributed by atoms with E-state index in [-0.39, 0.29) is 15.5 Å². The van der Waals surface area contributed by atoms with E-state index in [9.17, 15) is 13.2 Å². The number of carbonyl (C=O) groups excluding carboxylic acids is 1. The van der Waals surface area contributed by atoms with Gasteiger partial charge in [-0.3, -0.25) is 9.52 Å². The average Bonchev–Trinajstić information content (AvgIpc) is 2.65. The summed E-state index contributed by atoms with van der Waals surface area (Å²) in [6.07, 6.45) is 0. The van der Waals surface area contributed by atoms with E-state index in [2.05, 4.69) is 10.0 Å². The summed E-state index contributed by atoms with van der Waals surface area (Å²) in [6.45, 7) is 1.86. The first kappa shape index (κ1) is 20.2. The molecule has 144 valence electrons. The molecule has 0 atom stereocenters. The summed E-state index contributed by atoms with van der Waals surface area (Å²) in [6, 6.07) is 17.6. The lowest BCUT2D eigenvalue weighted by molar-refractivity contribution is 0.102. The first-order valence-electron chi connectivity index (χ1n) is 8.21. The fourth-order valence-electron chi connectivity index (χ4n) is 2.52. The molecule has 0 radical (unpaired) electrons. The number of carbonyl (C=O) groups is 1. The Kier molecular flexibility index (Phi) is 5.93. The van der Waals surface area contributed by atoms with Crippen LogP contribution in [0.3, 0.4) is 0 Å². The number of aryl methyl sites for hydroxylation is 1. The van der Waals surface area contributed by atoms with Gasteiger partial charge in [0.25, 0.3) is 15.9 Å². The van der Waals surface area contributed by atoms with Gasteiger partial charge in [-0.1, -0.05) is 47.5 Å². The Balaban J connectivity index is 1.85. The minimum absolute atomic E-state index is 0.0288. The van der Waals surface area contributed by atoms with Crippen molar-refractivity contribution in [2.75, 3.05) is 10.0 Å². The van der Waals surface area contributed by atoms with E-state index in [1.807, 2.05) is 13.0 Å². The van der Waals surface area contributed by atoms with Crippen molar-refractivity contribution in [3.05, 3.63) is 87.9 Å². The highest BCUT2D eigenvalue weighted by molar-refractivity contribution is 7.92. The molecule has 1 amide bonds. The van der Waals surface area contributed by atoms with E-state index < -0.39 is 15.9 Å². The summed E-state index contributed by atoms with van der Waals surface area (Å²) in [5.41, 5.74) is 1.88. The monoisotopic (exact) mass is 434 g/mol. The van der Waals surface area contributed by atoms with Crippen LogP contribution in [0, 0.1) is 6.92 Å². The molecule has 28 heavy (non-hydrogen) atoms. The van der Waals surface area contributed by atoms with Gasteiger partial charge in [-0.15, -0.1) is 0 Å². The number of halogens is 2. The molecule has 0 unspecified atom stereocenters. The van der Waals surface area contributed by atoms with Gasteiger partial charge >= 0.3 is 0 Å². The largest absolute Gasteiger partial charge is 0.321 e. The average molecular weight is 435 g/mol. The summed E-state index contributed by atoms with van der Waals surface area (Å²) >= 11 is 12.0. The molecule has 5 nitrogen and oxygen atoms in total. The standard InChI is InChI=1S/C20H16Cl2N2O3S/c1-13-5-2-7-15(11-13)24-28(26,27)16-8-3-6-14(12-16)20(25)23-18-10-4-9-17(21)19(18)22/h2-12,24H,1H3,(H,23,25). The molecule has 0 saturated heterocycles. The molecular formula is C20H16Cl2N2O3S. The first-order chi connectivity index (χ1) is 13.3. The number of rotatable bonds is 5. The molecule has 0 aliphatic heterocycles. The van der Waals surface area contributed by atoms with Gasteiger partial charge in [0.05, 0.1) is 20.6 Å². The van der Waals surface area contributed by atoms with Crippen LogP contribution in [0.5, 0.6) is 0 Å². The van der Waals surface area contributed by atoms with Crippen LogP contribution >= 0.6 is 23.2 Å². The number of hydrogen-bond acceptors (Lipinski definition) is 3. The van der Waals surface area contributed by atoms with Crippen LogP contribution in [-0.4, -0.2) is 14.3 Å². The van der Waals surface area contributed by atoms with Crippen LogP contribution in [0.4, 0.5) is 11.4 Å². The smallest absolute Gasteiger partial charge is 0.261 e. The van der Waals surface area contributed by atoms with E-state index in [0.29, 0.717) is 16.4 Å². The van der Waals surface area contributed by atoms with Crippen molar-refractivity contribution in [3.8, 4) is 0 Å². The zero-order chi connectivity index (χ0) is 20.3. The minimum Gasteiger partial charge on any atom is -0.321 e. The number of hydrogen-bond donors (Lipinski definition) is 2. The van der Waals surface area contributed by atoms with E-state index in [1.165, 1.54) is 24.3 Å². The molecule has 8 heteroatoms. The summed E-state index contributed by atoms with van der Waals surface area (Å²) in [5.74, 6) is -0.503. The Hall–Kier alpha value is -2.54. The topological polar surface area (TPSA) is 75.3 Å². The lowest BCUT2D eigenvalue weighted by Crippen LogP contribution is -2.16. The molecule has 0 heterocycles. The summed E-state index contributed by atoms with van der Waals surface area (Å²) < 4.78 is 27.8. The van der Waals surface area contributed by atoms with E-state index in [1.54, 1.807) is 36.4 Å². The molecule has 0 aliphatic rings. The van der Waals surface area contributed by atoms with Crippen LogP contribution in [0.1, 0.15) is 15.9 Å². The van der Waals surface area contributed by atoms with Gasteiger partial charge in [0.1, 0.15) is 0 Å². The quantitative estimate of drug-likeness (QED) is 0.567. The second-order valence-electron chi connectivity index (χ2n) is 6.06. The minimum atomic E-state index is -3.85. The van der Waals surface area contributed by atoms with Gasteiger partial charge in [-0.2, -0.15) is 0 Å². The summed E-state index contributed by atoms with van der Waals surface area (Å²) in [4.78, 5) is 12.5. The highest BCUT2D eigenvalue weighted by Gasteiger charge is 2.17. The van der Waals surface area contributed by atoms with Crippen LogP contribution in [0.15, 0.2) is 71.6 Å². The second-order valence-corrected chi connectivity index (χ2v) is 8.53. The van der Waals surface area contributed by atoms with Crippen LogP contribution in [-0.2, 0) is 10.0 Å². The van der Waals surface area contributed by atoms with Crippen LogP contribution in [0.25, 0.3) is 0 Å². The molecule has 0 saturated carbocycles. The predicted octanol–water partition coefficient (Wildman–Crippen LogP) is 5.35. The van der Waals surface area contributed by atoms with Gasteiger partial charge in [0, 0.05) is 11.3 Å². The van der Waals surface area contributed by atoms with Crippen molar-refractivity contribution >= 4 is 50.5 Å². The van der Waals surface area contributed by atoms with Gasteiger partial charge in [0.15, 0.2) is 0 Å². The molecule has 0 spiro atoms. The van der Waals surface area contributed by atoms with Gasteiger partial charge in [0.2, 0.25) is 0 Å². The number of amides is 1. The van der Waals surface area contributed by atoms with Crippen molar-refractivity contribution in [1.82, 2.24) is 0 Å². The van der Waals surface area contributed by atoms with Crippen LogP contribution in [0.2, 0.25) is 10.0 Å². The Morgan fingerprint density at radius 2 is 1.64 bits per heavy atom. The third kappa shape index (κ3) is 4.65. The zero-order valence-corrected chi connectivity index (χ0v) is 17.1. The molecule has 3 rings (SSSR count). The number of sulfonamides is 1. The SMILES string of the molecule is Cc1cccc(NS(=O)(=O)c2cccc(C(=O)Nc3cccc(Cl)c3Cl)c2)c1. The predicted molar refractivity (Wildman–Crippen MR) is 113 cm³/mol. The molecule has 0 aromatic heterocycles. The molecule has 0 fully saturated rings.